The SMILES string of the molecule is CC(C)(C)OC(=O)N1C2CCC1CC(Oc1cc(N3C=CC4=CC(S(C)(=O)=O)=CCC43)ncn1)C2. The van der Waals surface area contributed by atoms with Crippen LogP contribution in [0.5, 0.6) is 5.88 Å². The van der Waals surface area contributed by atoms with Crippen LogP contribution in [-0.4, -0.2) is 65.5 Å². The first-order chi connectivity index (χ1) is 16.5. The minimum Gasteiger partial charge on any atom is -0.474 e. The molecule has 1 aromatic heterocycles. The van der Waals surface area contributed by atoms with Crippen molar-refractivity contribution in [2.24, 2.45) is 0 Å². The third-order valence-electron chi connectivity index (χ3n) is 6.90. The molecule has 5 rings (SSSR count). The minimum absolute atomic E-state index is 0.00355. The first-order valence-electron chi connectivity index (χ1n) is 12.1. The number of piperidine rings is 1. The number of carbonyl (C=O) groups is 1. The van der Waals surface area contributed by atoms with Crippen LogP contribution in [-0.2, 0) is 14.6 Å². The van der Waals surface area contributed by atoms with Gasteiger partial charge in [0.05, 0.1) is 10.9 Å². The summed E-state index contributed by atoms with van der Waals surface area (Å²) in [6, 6.07) is 2.05. The number of hydrogen-bond donors (Lipinski definition) is 0. The molecule has 10 heteroatoms. The van der Waals surface area contributed by atoms with Crippen molar-refractivity contribution in [2.75, 3.05) is 11.2 Å². The van der Waals surface area contributed by atoms with Gasteiger partial charge in [-0.3, -0.25) is 0 Å². The summed E-state index contributed by atoms with van der Waals surface area (Å²) in [5.74, 6) is 1.20. The normalized spacial score (nSPS) is 27.9. The zero-order valence-electron chi connectivity index (χ0n) is 20.5. The van der Waals surface area contributed by atoms with E-state index in [0.717, 1.165) is 31.3 Å². The predicted molar refractivity (Wildman–Crippen MR) is 132 cm³/mol. The maximum atomic E-state index is 12.7. The zero-order valence-corrected chi connectivity index (χ0v) is 21.4. The van der Waals surface area contributed by atoms with E-state index in [4.69, 9.17) is 9.47 Å². The van der Waals surface area contributed by atoms with Crippen molar-refractivity contribution >= 4 is 21.7 Å². The summed E-state index contributed by atoms with van der Waals surface area (Å²) in [5.41, 5.74) is 0.431. The summed E-state index contributed by atoms with van der Waals surface area (Å²) in [6.45, 7) is 5.66. The summed E-state index contributed by atoms with van der Waals surface area (Å²) < 4.78 is 35.7. The van der Waals surface area contributed by atoms with E-state index in [0.29, 0.717) is 23.0 Å². The number of nitrogens with zero attached hydrogens (tertiary/aromatic N) is 4. The maximum absolute atomic E-state index is 12.7. The van der Waals surface area contributed by atoms with E-state index in [-0.39, 0.29) is 30.3 Å². The molecule has 2 bridgehead atoms. The Labute approximate surface area is 206 Å². The molecular weight excluding hydrogens is 468 g/mol. The Morgan fingerprint density at radius 3 is 2.51 bits per heavy atom. The highest BCUT2D eigenvalue weighted by Crippen LogP contribution is 2.39. The fraction of sp³-hybridized carbons (Fsp3) is 0.560. The van der Waals surface area contributed by atoms with Gasteiger partial charge in [0.15, 0.2) is 9.84 Å². The highest BCUT2D eigenvalue weighted by Gasteiger charge is 2.45. The lowest BCUT2D eigenvalue weighted by Crippen LogP contribution is -2.50. The fourth-order valence-electron chi connectivity index (χ4n) is 5.42. The Morgan fingerprint density at radius 1 is 1.14 bits per heavy atom. The average Bonchev–Trinajstić information content (AvgIpc) is 3.30. The highest BCUT2D eigenvalue weighted by atomic mass is 32.2. The molecule has 4 aliphatic rings. The van der Waals surface area contributed by atoms with E-state index in [9.17, 15) is 13.2 Å². The Morgan fingerprint density at radius 2 is 1.86 bits per heavy atom. The number of carbonyl (C=O) groups excluding carboxylic acids is 1. The van der Waals surface area contributed by atoms with Crippen LogP contribution in [0.25, 0.3) is 0 Å². The van der Waals surface area contributed by atoms with E-state index in [1.54, 1.807) is 12.2 Å². The summed E-state index contributed by atoms with van der Waals surface area (Å²) in [4.78, 5) is 25.8. The van der Waals surface area contributed by atoms with Crippen molar-refractivity contribution in [3.63, 3.8) is 0 Å². The number of hydrogen-bond acceptors (Lipinski definition) is 8. The van der Waals surface area contributed by atoms with Crippen LogP contribution < -0.4 is 9.64 Å². The molecule has 1 aliphatic carbocycles. The molecule has 188 valence electrons. The fourth-order valence-corrected chi connectivity index (χ4v) is 6.17. The summed E-state index contributed by atoms with van der Waals surface area (Å²) >= 11 is 0. The lowest BCUT2D eigenvalue weighted by atomic mass is 10.00. The molecule has 2 saturated heterocycles. The van der Waals surface area contributed by atoms with Crippen molar-refractivity contribution in [2.45, 2.75) is 82.7 Å². The van der Waals surface area contributed by atoms with Crippen LogP contribution in [0.15, 0.2) is 47.3 Å². The number of rotatable bonds is 4. The number of anilines is 1. The van der Waals surface area contributed by atoms with Crippen LogP contribution in [0.3, 0.4) is 0 Å². The van der Waals surface area contributed by atoms with Gasteiger partial charge in [0.2, 0.25) is 5.88 Å². The number of sulfone groups is 1. The second-order valence-electron chi connectivity index (χ2n) is 10.7. The van der Waals surface area contributed by atoms with Crippen LogP contribution in [0.4, 0.5) is 10.6 Å². The summed E-state index contributed by atoms with van der Waals surface area (Å²) in [5, 5.41) is 0. The van der Waals surface area contributed by atoms with Gasteiger partial charge in [0.25, 0.3) is 0 Å². The topological polar surface area (TPSA) is 102 Å². The second-order valence-corrected chi connectivity index (χ2v) is 12.7. The van der Waals surface area contributed by atoms with Gasteiger partial charge in [0.1, 0.15) is 23.9 Å². The van der Waals surface area contributed by atoms with E-state index in [2.05, 4.69) is 9.97 Å². The maximum Gasteiger partial charge on any atom is 0.410 e. The van der Waals surface area contributed by atoms with Gasteiger partial charge in [-0.15, -0.1) is 0 Å². The van der Waals surface area contributed by atoms with Crippen molar-refractivity contribution in [3.8, 4) is 5.88 Å². The van der Waals surface area contributed by atoms with Crippen molar-refractivity contribution in [1.29, 1.82) is 0 Å². The monoisotopic (exact) mass is 500 g/mol. The molecule has 0 radical (unpaired) electrons. The molecular formula is C25H32N4O5S. The molecule has 1 aromatic rings. The van der Waals surface area contributed by atoms with E-state index in [1.165, 1.54) is 12.6 Å². The minimum atomic E-state index is -3.24. The predicted octanol–water partition coefficient (Wildman–Crippen LogP) is 3.75. The largest absolute Gasteiger partial charge is 0.474 e. The third-order valence-corrected chi connectivity index (χ3v) is 8.04. The van der Waals surface area contributed by atoms with Gasteiger partial charge in [-0.1, -0.05) is 6.08 Å². The van der Waals surface area contributed by atoms with Crippen molar-refractivity contribution < 1.29 is 22.7 Å². The molecule has 1 amide bonds. The first-order valence-corrected chi connectivity index (χ1v) is 14.0. The molecule has 0 spiro atoms. The third kappa shape index (κ3) is 4.94. The molecule has 0 saturated carbocycles. The lowest BCUT2D eigenvalue weighted by Gasteiger charge is -2.39. The van der Waals surface area contributed by atoms with Gasteiger partial charge in [-0.2, -0.15) is 0 Å². The number of allylic oxidation sites excluding steroid dienone is 1. The van der Waals surface area contributed by atoms with E-state index < -0.39 is 15.4 Å². The van der Waals surface area contributed by atoms with Crippen molar-refractivity contribution in [1.82, 2.24) is 14.9 Å². The number of ether oxygens (including phenoxy) is 2. The van der Waals surface area contributed by atoms with Gasteiger partial charge in [-0.05, 0) is 57.8 Å². The smallest absolute Gasteiger partial charge is 0.410 e. The lowest BCUT2D eigenvalue weighted by molar-refractivity contribution is -0.00760. The standard InChI is InChI=1S/C25H32N4O5S/c1-25(2,3)34-24(30)29-17-5-6-18(29)13-19(12-17)33-23-14-22(26-15-27-23)28-10-9-16-11-20(35(4,31)32)7-8-21(16)28/h7,9-11,14-15,17-19,21H,5-6,8,12-13H2,1-4H3. The Hall–Kier alpha value is -2.88. The molecule has 2 fully saturated rings. The Bertz CT molecular complexity index is 1200. The molecule has 3 aliphatic heterocycles. The van der Waals surface area contributed by atoms with Crippen LogP contribution >= 0.6 is 0 Å². The van der Waals surface area contributed by atoms with Crippen molar-refractivity contribution in [3.05, 3.63) is 47.3 Å². The van der Waals surface area contributed by atoms with E-state index in [1.807, 2.05) is 48.9 Å². The number of fused-ring (bicyclic) bond motifs is 3. The number of amides is 1. The van der Waals surface area contributed by atoms with Crippen LogP contribution in [0, 0.1) is 0 Å². The average molecular weight is 501 g/mol. The summed E-state index contributed by atoms with van der Waals surface area (Å²) in [6.07, 6.45) is 13.8. The van der Waals surface area contributed by atoms with Gasteiger partial charge in [-0.25, -0.2) is 23.2 Å². The molecule has 9 nitrogen and oxygen atoms in total. The molecule has 0 aromatic carbocycles. The first kappa shape index (κ1) is 23.8. The molecule has 3 unspecified atom stereocenters. The number of aromatic nitrogens is 2. The highest BCUT2D eigenvalue weighted by molar-refractivity contribution is 7.94. The van der Waals surface area contributed by atoms with E-state index >= 15 is 0 Å². The van der Waals surface area contributed by atoms with Gasteiger partial charge < -0.3 is 19.3 Å². The Kier molecular flexibility index (Phi) is 5.89. The quantitative estimate of drug-likeness (QED) is 0.616. The molecule has 35 heavy (non-hydrogen) atoms. The zero-order chi connectivity index (χ0) is 25.0. The van der Waals surface area contributed by atoms with Gasteiger partial charge in [0, 0.05) is 43.4 Å². The molecule has 4 heterocycles. The molecule has 3 atom stereocenters. The second kappa shape index (κ2) is 8.65. The van der Waals surface area contributed by atoms with Crippen LogP contribution in [0.2, 0.25) is 0 Å². The van der Waals surface area contributed by atoms with Gasteiger partial charge >= 0.3 is 6.09 Å². The Balaban J connectivity index is 1.25. The summed E-state index contributed by atoms with van der Waals surface area (Å²) in [7, 11) is -3.24. The van der Waals surface area contributed by atoms with Crippen LogP contribution in [0.1, 0.15) is 52.9 Å². The molecule has 0 N–H and O–H groups in total.